The quantitative estimate of drug-likeness (QED) is 0.505. The monoisotopic (exact) mass is 410 g/mol. The Labute approximate surface area is 179 Å². The molecule has 0 radical (unpaired) electrons. The predicted octanol–water partition coefficient (Wildman–Crippen LogP) is 3.93. The smallest absolute Gasteiger partial charge is 0.251 e. The molecule has 0 atom stereocenters. The fraction of sp³-hybridized carbons (Fsp3) is 0.160. The number of carbonyl (C=O) groups excluding carboxylic acids is 2. The van der Waals surface area contributed by atoms with E-state index in [-0.39, 0.29) is 5.91 Å². The van der Waals surface area contributed by atoms with Gasteiger partial charge < -0.3 is 11.1 Å². The predicted molar refractivity (Wildman–Crippen MR) is 120 cm³/mol. The lowest BCUT2D eigenvalue weighted by molar-refractivity contribution is 0.0950. The number of carbonyl (C=O) groups is 2. The summed E-state index contributed by atoms with van der Waals surface area (Å²) in [5.74, 6) is 0.149. The van der Waals surface area contributed by atoms with Crippen LogP contribution in [-0.2, 0) is 0 Å². The number of nitrogens with one attached hydrogen (secondary N) is 1. The van der Waals surface area contributed by atoms with Crippen molar-refractivity contribution >= 4 is 22.7 Å². The SMILES string of the molecule is NC(=O)c1ccc(-c2nn(-c3ccc(C(=O)NCC4CC4)cc3)c3ccccc23)cc1. The van der Waals surface area contributed by atoms with Crippen LogP contribution >= 0.6 is 0 Å². The van der Waals surface area contributed by atoms with Gasteiger partial charge in [0.25, 0.3) is 5.91 Å². The van der Waals surface area contributed by atoms with Gasteiger partial charge in [-0.3, -0.25) is 9.59 Å². The lowest BCUT2D eigenvalue weighted by Gasteiger charge is -2.07. The number of fused-ring (bicyclic) bond motifs is 1. The lowest BCUT2D eigenvalue weighted by Crippen LogP contribution is -2.25. The van der Waals surface area contributed by atoms with Crippen LogP contribution in [-0.4, -0.2) is 28.1 Å². The van der Waals surface area contributed by atoms with E-state index in [2.05, 4.69) is 5.32 Å². The number of nitrogens with zero attached hydrogens (tertiary/aromatic N) is 2. The largest absolute Gasteiger partial charge is 0.366 e. The molecule has 154 valence electrons. The number of amides is 2. The van der Waals surface area contributed by atoms with Gasteiger partial charge in [-0.05, 0) is 61.2 Å². The third-order valence-electron chi connectivity index (χ3n) is 5.65. The third-order valence-corrected chi connectivity index (χ3v) is 5.65. The molecule has 4 aromatic rings. The molecule has 0 bridgehead atoms. The molecule has 0 saturated heterocycles. The molecule has 31 heavy (non-hydrogen) atoms. The van der Waals surface area contributed by atoms with E-state index in [0.717, 1.165) is 34.4 Å². The highest BCUT2D eigenvalue weighted by molar-refractivity contribution is 5.97. The van der Waals surface area contributed by atoms with Crippen molar-refractivity contribution in [3.8, 4) is 16.9 Å². The number of hydrogen-bond acceptors (Lipinski definition) is 3. The van der Waals surface area contributed by atoms with Gasteiger partial charge in [0, 0.05) is 28.6 Å². The van der Waals surface area contributed by atoms with Crippen LogP contribution in [0.2, 0.25) is 0 Å². The maximum Gasteiger partial charge on any atom is 0.251 e. The number of primary amides is 1. The number of benzene rings is 3. The summed E-state index contributed by atoms with van der Waals surface area (Å²) >= 11 is 0. The average molecular weight is 410 g/mol. The molecule has 0 spiro atoms. The van der Waals surface area contributed by atoms with E-state index in [4.69, 9.17) is 10.8 Å². The second kappa shape index (κ2) is 7.72. The van der Waals surface area contributed by atoms with E-state index in [1.54, 1.807) is 12.1 Å². The minimum absolute atomic E-state index is 0.0426. The van der Waals surface area contributed by atoms with Crippen molar-refractivity contribution in [1.82, 2.24) is 15.1 Å². The molecule has 1 heterocycles. The number of rotatable bonds is 6. The molecule has 0 unspecified atom stereocenters. The average Bonchev–Trinajstić information content (AvgIpc) is 3.56. The summed E-state index contributed by atoms with van der Waals surface area (Å²) in [6, 6.07) is 22.6. The van der Waals surface area contributed by atoms with Gasteiger partial charge in [-0.15, -0.1) is 0 Å². The van der Waals surface area contributed by atoms with Crippen LogP contribution < -0.4 is 11.1 Å². The van der Waals surface area contributed by atoms with Gasteiger partial charge in [-0.2, -0.15) is 5.10 Å². The van der Waals surface area contributed by atoms with E-state index in [9.17, 15) is 9.59 Å². The van der Waals surface area contributed by atoms with Gasteiger partial charge in [-0.25, -0.2) is 4.68 Å². The first-order chi connectivity index (χ1) is 15.1. The Hall–Kier alpha value is -3.93. The standard InChI is InChI=1S/C25H22N4O2/c26-24(30)18-9-7-17(8-10-18)23-21-3-1-2-4-22(21)29(28-23)20-13-11-19(12-14-20)25(31)27-15-16-5-6-16/h1-4,7-14,16H,5-6,15H2,(H2,26,30)(H,27,31). The van der Waals surface area contributed by atoms with Gasteiger partial charge >= 0.3 is 0 Å². The van der Waals surface area contributed by atoms with Crippen molar-refractivity contribution in [2.24, 2.45) is 11.7 Å². The van der Waals surface area contributed by atoms with Crippen LogP contribution in [0.3, 0.4) is 0 Å². The molecule has 1 aromatic heterocycles. The van der Waals surface area contributed by atoms with Crippen molar-refractivity contribution in [2.45, 2.75) is 12.8 Å². The van der Waals surface area contributed by atoms with Gasteiger partial charge in [-0.1, -0.05) is 30.3 Å². The Morgan fingerprint density at radius 3 is 2.29 bits per heavy atom. The van der Waals surface area contributed by atoms with Crippen LogP contribution in [0.5, 0.6) is 0 Å². The van der Waals surface area contributed by atoms with E-state index in [0.29, 0.717) is 17.0 Å². The zero-order chi connectivity index (χ0) is 21.4. The zero-order valence-electron chi connectivity index (χ0n) is 16.9. The molecule has 2 amide bonds. The molecule has 0 aliphatic heterocycles. The molecular formula is C25H22N4O2. The lowest BCUT2D eigenvalue weighted by atomic mass is 10.1. The zero-order valence-corrected chi connectivity index (χ0v) is 16.9. The summed E-state index contributed by atoms with van der Waals surface area (Å²) in [6.45, 7) is 0.752. The third kappa shape index (κ3) is 3.80. The first kappa shape index (κ1) is 19.1. The normalized spacial score (nSPS) is 13.3. The van der Waals surface area contributed by atoms with E-state index in [1.165, 1.54) is 12.8 Å². The Kier molecular flexibility index (Phi) is 4.75. The topological polar surface area (TPSA) is 90.0 Å². The molecule has 3 N–H and O–H groups in total. The van der Waals surface area contributed by atoms with Crippen molar-refractivity contribution < 1.29 is 9.59 Å². The fourth-order valence-corrected chi connectivity index (χ4v) is 3.68. The number of para-hydroxylation sites is 1. The molecule has 3 aromatic carbocycles. The summed E-state index contributed by atoms with van der Waals surface area (Å²) in [5.41, 5.74) is 10.0. The number of nitrogens with two attached hydrogens (primary N) is 1. The number of hydrogen-bond donors (Lipinski definition) is 2. The molecule has 1 saturated carbocycles. The van der Waals surface area contributed by atoms with E-state index >= 15 is 0 Å². The highest BCUT2D eigenvalue weighted by Gasteiger charge is 2.22. The van der Waals surface area contributed by atoms with Crippen LogP contribution in [0.25, 0.3) is 27.8 Å². The summed E-state index contributed by atoms with van der Waals surface area (Å²) in [6.07, 6.45) is 2.42. The summed E-state index contributed by atoms with van der Waals surface area (Å²) in [7, 11) is 0. The first-order valence-electron chi connectivity index (χ1n) is 10.4. The minimum atomic E-state index is -0.455. The molecule has 6 nitrogen and oxygen atoms in total. The fourth-order valence-electron chi connectivity index (χ4n) is 3.68. The van der Waals surface area contributed by atoms with Crippen molar-refractivity contribution in [3.05, 3.63) is 83.9 Å². The first-order valence-corrected chi connectivity index (χ1v) is 10.4. The van der Waals surface area contributed by atoms with Gasteiger partial charge in [0.15, 0.2) is 0 Å². The summed E-state index contributed by atoms with van der Waals surface area (Å²) < 4.78 is 1.87. The summed E-state index contributed by atoms with van der Waals surface area (Å²) in [4.78, 5) is 23.7. The minimum Gasteiger partial charge on any atom is -0.366 e. The molecular weight excluding hydrogens is 388 g/mol. The second-order valence-electron chi connectivity index (χ2n) is 7.92. The maximum atomic E-state index is 12.3. The van der Waals surface area contributed by atoms with Gasteiger partial charge in [0.1, 0.15) is 5.69 Å². The maximum absolute atomic E-state index is 12.3. The molecule has 1 fully saturated rings. The number of aromatic nitrogens is 2. The van der Waals surface area contributed by atoms with Crippen LogP contribution in [0.15, 0.2) is 72.8 Å². The van der Waals surface area contributed by atoms with E-state index in [1.807, 2.05) is 65.3 Å². The van der Waals surface area contributed by atoms with Gasteiger partial charge in [0.2, 0.25) is 5.91 Å². The highest BCUT2D eigenvalue weighted by atomic mass is 16.2. The van der Waals surface area contributed by atoms with E-state index < -0.39 is 5.91 Å². The molecule has 6 heteroatoms. The van der Waals surface area contributed by atoms with Gasteiger partial charge in [0.05, 0.1) is 11.2 Å². The van der Waals surface area contributed by atoms with Crippen LogP contribution in [0.1, 0.15) is 33.6 Å². The highest BCUT2D eigenvalue weighted by Crippen LogP contribution is 2.30. The molecule has 1 aliphatic rings. The van der Waals surface area contributed by atoms with Crippen LogP contribution in [0, 0.1) is 5.92 Å². The molecule has 1 aliphatic carbocycles. The Morgan fingerprint density at radius 1 is 0.935 bits per heavy atom. The summed E-state index contributed by atoms with van der Waals surface area (Å²) in [5, 5.41) is 8.84. The van der Waals surface area contributed by atoms with Crippen molar-refractivity contribution in [3.63, 3.8) is 0 Å². The van der Waals surface area contributed by atoms with Crippen LogP contribution in [0.4, 0.5) is 0 Å². The Balaban J connectivity index is 1.48. The Morgan fingerprint density at radius 2 is 1.61 bits per heavy atom. The van der Waals surface area contributed by atoms with Crippen molar-refractivity contribution in [2.75, 3.05) is 6.54 Å². The molecule has 5 rings (SSSR count). The second-order valence-corrected chi connectivity index (χ2v) is 7.92. The Bertz CT molecular complexity index is 1270. The van der Waals surface area contributed by atoms with Crippen molar-refractivity contribution in [1.29, 1.82) is 0 Å².